The van der Waals surface area contributed by atoms with Crippen LogP contribution in [0.4, 0.5) is 11.5 Å². The molecule has 0 unspecified atom stereocenters. The monoisotopic (exact) mass is 252 g/mol. The number of nitrogens with zero attached hydrogens (tertiary/aromatic N) is 2. The third-order valence-corrected chi connectivity index (χ3v) is 2.73. The zero-order chi connectivity index (χ0) is 13.1. The van der Waals surface area contributed by atoms with Crippen LogP contribution in [0.15, 0.2) is 11.1 Å². The van der Waals surface area contributed by atoms with Gasteiger partial charge in [0.15, 0.2) is 5.82 Å². The van der Waals surface area contributed by atoms with Crippen molar-refractivity contribution in [2.75, 3.05) is 23.8 Å². The molecule has 0 amide bonds. The first kappa shape index (κ1) is 12.4. The molecule has 7 nitrogen and oxygen atoms in total. The lowest BCUT2D eigenvalue weighted by Crippen LogP contribution is -2.35. The maximum absolute atomic E-state index is 11.5. The summed E-state index contributed by atoms with van der Waals surface area (Å²) in [5.74, 6) is 0.0141. The second-order valence-electron chi connectivity index (χ2n) is 4.13. The van der Waals surface area contributed by atoms with Crippen molar-refractivity contribution in [2.24, 2.45) is 0 Å². The Morgan fingerprint density at radius 1 is 1.67 bits per heavy atom. The number of nitrogens with two attached hydrogens (primary N) is 1. The number of hydrogen-bond acceptors (Lipinski definition) is 6. The summed E-state index contributed by atoms with van der Waals surface area (Å²) in [4.78, 5) is 31.2. The van der Waals surface area contributed by atoms with E-state index in [0.717, 1.165) is 12.8 Å². The molecule has 1 aliphatic rings. The Bertz CT molecular complexity index is 495. The molecule has 1 saturated carbocycles. The number of esters is 1. The van der Waals surface area contributed by atoms with Gasteiger partial charge >= 0.3 is 5.97 Å². The fraction of sp³-hybridized carbons (Fsp3) is 0.545. The van der Waals surface area contributed by atoms with Crippen molar-refractivity contribution >= 4 is 17.5 Å². The van der Waals surface area contributed by atoms with Gasteiger partial charge in [0.2, 0.25) is 0 Å². The summed E-state index contributed by atoms with van der Waals surface area (Å²) >= 11 is 0. The molecular formula is C11H16N4O3. The Balaban J connectivity index is 2.22. The molecular weight excluding hydrogens is 236 g/mol. The minimum atomic E-state index is -0.394. The van der Waals surface area contributed by atoms with E-state index in [9.17, 15) is 9.59 Å². The van der Waals surface area contributed by atoms with E-state index in [1.165, 1.54) is 6.33 Å². The zero-order valence-electron chi connectivity index (χ0n) is 10.2. The van der Waals surface area contributed by atoms with Crippen molar-refractivity contribution in [3.8, 4) is 0 Å². The highest BCUT2D eigenvalue weighted by molar-refractivity contribution is 5.77. The van der Waals surface area contributed by atoms with Gasteiger partial charge in [-0.05, 0) is 19.8 Å². The predicted octanol–water partition coefficient (Wildman–Crippen LogP) is -0.116. The fourth-order valence-corrected chi connectivity index (χ4v) is 1.74. The van der Waals surface area contributed by atoms with Crippen molar-refractivity contribution in [2.45, 2.75) is 25.8 Å². The van der Waals surface area contributed by atoms with E-state index >= 15 is 0 Å². The normalized spacial score (nSPS) is 14.3. The van der Waals surface area contributed by atoms with Crippen LogP contribution in [-0.2, 0) is 9.53 Å². The van der Waals surface area contributed by atoms with Crippen molar-refractivity contribution in [1.82, 2.24) is 9.97 Å². The average Bonchev–Trinajstić information content (AvgIpc) is 3.15. The smallest absolute Gasteiger partial charge is 0.325 e. The van der Waals surface area contributed by atoms with Crippen molar-refractivity contribution < 1.29 is 9.53 Å². The molecule has 0 radical (unpaired) electrons. The number of rotatable bonds is 5. The van der Waals surface area contributed by atoms with Crippen LogP contribution < -0.4 is 16.2 Å². The number of aromatic amines is 1. The topological polar surface area (TPSA) is 101 Å². The summed E-state index contributed by atoms with van der Waals surface area (Å²) in [5.41, 5.74) is 5.34. The largest absolute Gasteiger partial charge is 0.465 e. The van der Waals surface area contributed by atoms with Gasteiger partial charge in [0, 0.05) is 6.04 Å². The predicted molar refractivity (Wildman–Crippen MR) is 66.3 cm³/mol. The molecule has 1 aromatic rings. The van der Waals surface area contributed by atoms with Gasteiger partial charge in [-0.2, -0.15) is 0 Å². The molecule has 1 aromatic heterocycles. The molecule has 1 heterocycles. The summed E-state index contributed by atoms with van der Waals surface area (Å²) < 4.78 is 4.91. The summed E-state index contributed by atoms with van der Waals surface area (Å²) in [6.07, 6.45) is 3.22. The highest BCUT2D eigenvalue weighted by Gasteiger charge is 2.33. The Hall–Kier alpha value is -2.05. The molecule has 0 atom stereocenters. The fourth-order valence-electron chi connectivity index (χ4n) is 1.74. The first-order valence-electron chi connectivity index (χ1n) is 5.89. The molecule has 0 bridgehead atoms. The van der Waals surface area contributed by atoms with Crippen LogP contribution in [0, 0.1) is 0 Å². The highest BCUT2D eigenvalue weighted by Crippen LogP contribution is 2.31. The van der Waals surface area contributed by atoms with Crippen molar-refractivity contribution in [1.29, 1.82) is 0 Å². The van der Waals surface area contributed by atoms with E-state index < -0.39 is 5.56 Å². The van der Waals surface area contributed by atoms with E-state index in [-0.39, 0.29) is 24.2 Å². The summed E-state index contributed by atoms with van der Waals surface area (Å²) in [6, 6.07) is 0.214. The molecule has 3 N–H and O–H groups in total. The SMILES string of the molecule is CCOC(=O)CN(c1nc[nH]c(=O)c1N)C1CC1. The average molecular weight is 252 g/mol. The van der Waals surface area contributed by atoms with E-state index in [4.69, 9.17) is 10.5 Å². The summed E-state index contributed by atoms with van der Waals surface area (Å²) in [7, 11) is 0. The van der Waals surface area contributed by atoms with Gasteiger partial charge in [0.05, 0.1) is 12.9 Å². The summed E-state index contributed by atoms with van der Waals surface area (Å²) in [6.45, 7) is 2.15. The second-order valence-corrected chi connectivity index (χ2v) is 4.13. The van der Waals surface area contributed by atoms with Gasteiger partial charge in [0.1, 0.15) is 12.2 Å². The lowest BCUT2D eigenvalue weighted by molar-refractivity contribution is -0.141. The van der Waals surface area contributed by atoms with Crippen LogP contribution >= 0.6 is 0 Å². The Labute approximate surface area is 104 Å². The molecule has 0 spiro atoms. The number of carbonyl (C=O) groups is 1. The number of H-pyrrole nitrogens is 1. The second kappa shape index (κ2) is 5.07. The maximum atomic E-state index is 11.5. The molecule has 1 fully saturated rings. The molecule has 7 heteroatoms. The zero-order valence-corrected chi connectivity index (χ0v) is 10.2. The van der Waals surface area contributed by atoms with Crippen LogP contribution in [0.2, 0.25) is 0 Å². The Morgan fingerprint density at radius 3 is 3.00 bits per heavy atom. The Kier molecular flexibility index (Phi) is 3.50. The minimum Gasteiger partial charge on any atom is -0.465 e. The number of hydrogen-bond donors (Lipinski definition) is 2. The maximum Gasteiger partial charge on any atom is 0.325 e. The number of anilines is 2. The molecule has 0 aliphatic heterocycles. The van der Waals surface area contributed by atoms with E-state index in [0.29, 0.717) is 12.4 Å². The molecule has 0 saturated heterocycles. The third-order valence-electron chi connectivity index (χ3n) is 2.73. The van der Waals surface area contributed by atoms with Crippen LogP contribution in [0.25, 0.3) is 0 Å². The van der Waals surface area contributed by atoms with Crippen LogP contribution in [0.1, 0.15) is 19.8 Å². The molecule has 2 rings (SSSR count). The van der Waals surface area contributed by atoms with Crippen LogP contribution in [0.3, 0.4) is 0 Å². The first-order chi connectivity index (χ1) is 8.63. The number of nitrogens with one attached hydrogen (secondary N) is 1. The van der Waals surface area contributed by atoms with Gasteiger partial charge in [-0.3, -0.25) is 9.59 Å². The minimum absolute atomic E-state index is 0.0358. The number of carbonyl (C=O) groups excluding carboxylic acids is 1. The van der Waals surface area contributed by atoms with Gasteiger partial charge in [-0.15, -0.1) is 0 Å². The van der Waals surface area contributed by atoms with Gasteiger partial charge in [-0.1, -0.05) is 0 Å². The quantitative estimate of drug-likeness (QED) is 0.709. The van der Waals surface area contributed by atoms with E-state index in [2.05, 4.69) is 9.97 Å². The Morgan fingerprint density at radius 2 is 2.39 bits per heavy atom. The van der Waals surface area contributed by atoms with Crippen LogP contribution in [0.5, 0.6) is 0 Å². The first-order valence-corrected chi connectivity index (χ1v) is 5.89. The molecule has 1 aliphatic carbocycles. The lowest BCUT2D eigenvalue weighted by atomic mass is 10.4. The van der Waals surface area contributed by atoms with Gasteiger partial charge < -0.3 is 20.4 Å². The van der Waals surface area contributed by atoms with E-state index in [1.807, 2.05) is 0 Å². The number of aromatic nitrogens is 2. The van der Waals surface area contributed by atoms with E-state index in [1.54, 1.807) is 11.8 Å². The standard InChI is InChI=1S/C11H16N4O3/c1-2-18-8(16)5-15(7-3-4-7)10-9(12)11(17)14-6-13-10/h6-7H,2-5,12H2,1H3,(H,13,14,17). The third kappa shape index (κ3) is 2.61. The molecule has 18 heavy (non-hydrogen) atoms. The molecule has 98 valence electrons. The van der Waals surface area contributed by atoms with Gasteiger partial charge in [-0.25, -0.2) is 4.98 Å². The van der Waals surface area contributed by atoms with Gasteiger partial charge in [0.25, 0.3) is 5.56 Å². The number of ether oxygens (including phenoxy) is 1. The highest BCUT2D eigenvalue weighted by atomic mass is 16.5. The lowest BCUT2D eigenvalue weighted by Gasteiger charge is -2.22. The van der Waals surface area contributed by atoms with Crippen LogP contribution in [-0.4, -0.2) is 35.1 Å². The molecule has 0 aromatic carbocycles. The summed E-state index contributed by atoms with van der Waals surface area (Å²) in [5, 5.41) is 0. The van der Waals surface area contributed by atoms with Crippen molar-refractivity contribution in [3.05, 3.63) is 16.7 Å². The number of nitrogen functional groups attached to an aromatic ring is 1. The van der Waals surface area contributed by atoms with Crippen molar-refractivity contribution in [3.63, 3.8) is 0 Å².